The van der Waals surface area contributed by atoms with Crippen LogP contribution in [0.2, 0.25) is 0 Å². The maximum atomic E-state index is 12.2. The molecule has 1 aliphatic rings. The van der Waals surface area contributed by atoms with Gasteiger partial charge in [0.15, 0.2) is 0 Å². The molecule has 1 aromatic heterocycles. The van der Waals surface area contributed by atoms with Crippen LogP contribution < -0.4 is 0 Å². The third kappa shape index (κ3) is 2.91. The first-order chi connectivity index (χ1) is 12.1. The Bertz CT molecular complexity index is 847. The Morgan fingerprint density at radius 1 is 1.44 bits per heavy atom. The molecule has 5 nitrogen and oxygen atoms in total. The molecular weight excluding hydrogens is 316 g/mol. The van der Waals surface area contributed by atoms with Crippen molar-refractivity contribution in [3.63, 3.8) is 0 Å². The summed E-state index contributed by atoms with van der Waals surface area (Å²) in [5, 5.41) is 10.5. The van der Waals surface area contributed by atoms with Crippen molar-refractivity contribution in [3.05, 3.63) is 34.5 Å². The molecule has 1 aromatic carbocycles. The number of H-pyrrole nitrogens is 1. The van der Waals surface area contributed by atoms with Crippen molar-refractivity contribution >= 4 is 16.9 Å². The number of carbonyl (C=O) groups excluding carboxylic acids is 1. The van der Waals surface area contributed by atoms with E-state index in [0.29, 0.717) is 18.8 Å². The van der Waals surface area contributed by atoms with E-state index in [-0.39, 0.29) is 12.4 Å². The first kappa shape index (κ1) is 17.5. The van der Waals surface area contributed by atoms with Gasteiger partial charge in [-0.25, -0.2) is 0 Å². The summed E-state index contributed by atoms with van der Waals surface area (Å²) in [6.07, 6.45) is 2.54. The smallest absolute Gasteiger partial charge is 0.309 e. The number of ether oxygens (including phenoxy) is 2. The lowest BCUT2D eigenvalue weighted by Gasteiger charge is -2.36. The van der Waals surface area contributed by atoms with Gasteiger partial charge < -0.3 is 14.5 Å². The van der Waals surface area contributed by atoms with Crippen molar-refractivity contribution in [2.24, 2.45) is 0 Å². The molecule has 5 heteroatoms. The summed E-state index contributed by atoms with van der Waals surface area (Å²) in [7, 11) is 0. The molecule has 0 bridgehead atoms. The quantitative estimate of drug-likeness (QED) is 0.838. The molecule has 0 saturated carbocycles. The van der Waals surface area contributed by atoms with Crippen LogP contribution in [-0.2, 0) is 26.3 Å². The number of aryl methyl sites for hydroxylation is 1. The molecule has 0 aliphatic carbocycles. The van der Waals surface area contributed by atoms with Crippen LogP contribution in [0.25, 0.3) is 10.9 Å². The Morgan fingerprint density at radius 2 is 2.24 bits per heavy atom. The number of rotatable bonds is 5. The monoisotopic (exact) mass is 340 g/mol. The van der Waals surface area contributed by atoms with E-state index in [9.17, 15) is 10.1 Å². The molecule has 0 saturated heterocycles. The van der Waals surface area contributed by atoms with Crippen molar-refractivity contribution in [1.82, 2.24) is 4.98 Å². The van der Waals surface area contributed by atoms with Crippen molar-refractivity contribution in [3.8, 4) is 6.07 Å². The van der Waals surface area contributed by atoms with Crippen LogP contribution in [0.3, 0.4) is 0 Å². The summed E-state index contributed by atoms with van der Waals surface area (Å²) < 4.78 is 11.4. The number of nitriles is 1. The van der Waals surface area contributed by atoms with Gasteiger partial charge in [-0.2, -0.15) is 5.26 Å². The molecule has 0 amide bonds. The normalized spacial score (nSPS) is 19.4. The van der Waals surface area contributed by atoms with Gasteiger partial charge in [0.05, 0.1) is 42.5 Å². The fourth-order valence-electron chi connectivity index (χ4n) is 3.93. The number of nitrogens with one attached hydrogen (secondary N) is 1. The Hall–Kier alpha value is -2.32. The Balaban J connectivity index is 2.20. The number of nitrogens with zero attached hydrogens (tertiary/aromatic N) is 1. The molecule has 1 aliphatic heterocycles. The molecule has 1 N–H and O–H groups in total. The average Bonchev–Trinajstić information content (AvgIpc) is 2.98. The van der Waals surface area contributed by atoms with Crippen LogP contribution >= 0.6 is 0 Å². The van der Waals surface area contributed by atoms with E-state index in [1.54, 1.807) is 0 Å². The summed E-state index contributed by atoms with van der Waals surface area (Å²) >= 11 is 0. The van der Waals surface area contributed by atoms with E-state index < -0.39 is 5.60 Å². The summed E-state index contributed by atoms with van der Waals surface area (Å²) in [5.74, 6) is -0.250. The number of aromatic nitrogens is 1. The zero-order chi connectivity index (χ0) is 18.0. The number of carbonyl (C=O) groups is 1. The molecule has 0 radical (unpaired) electrons. The number of hydrogen-bond donors (Lipinski definition) is 1. The SMILES string of the molecule is CCC[C@]1(CC(=O)OCC)OCCc2c1[nH]c1c(C)ccc(C#N)c21. The zero-order valence-corrected chi connectivity index (χ0v) is 15.1. The lowest BCUT2D eigenvalue weighted by Crippen LogP contribution is -2.38. The molecule has 2 aromatic rings. The van der Waals surface area contributed by atoms with Crippen molar-refractivity contribution < 1.29 is 14.3 Å². The lowest BCUT2D eigenvalue weighted by atomic mass is 9.84. The third-order valence-electron chi connectivity index (χ3n) is 4.96. The fourth-order valence-corrected chi connectivity index (χ4v) is 3.93. The molecule has 0 spiro atoms. The summed E-state index contributed by atoms with van der Waals surface area (Å²) in [5.41, 5.74) is 4.08. The first-order valence-electron chi connectivity index (χ1n) is 8.90. The summed E-state index contributed by atoms with van der Waals surface area (Å²) in [4.78, 5) is 15.7. The number of esters is 1. The van der Waals surface area contributed by atoms with Crippen molar-refractivity contribution in [2.75, 3.05) is 13.2 Å². The maximum absolute atomic E-state index is 12.2. The molecular formula is C20H24N2O3. The van der Waals surface area contributed by atoms with Crippen LogP contribution in [0.5, 0.6) is 0 Å². The van der Waals surface area contributed by atoms with Gasteiger partial charge in [0.2, 0.25) is 0 Å². The van der Waals surface area contributed by atoms with Crippen LogP contribution in [-0.4, -0.2) is 24.2 Å². The minimum Gasteiger partial charge on any atom is -0.466 e. The van der Waals surface area contributed by atoms with Gasteiger partial charge in [-0.1, -0.05) is 19.4 Å². The fraction of sp³-hybridized carbons (Fsp3) is 0.500. The van der Waals surface area contributed by atoms with Crippen LogP contribution in [0.4, 0.5) is 0 Å². The predicted octanol–water partition coefficient (Wildman–Crippen LogP) is 3.87. The van der Waals surface area contributed by atoms with Gasteiger partial charge in [-0.15, -0.1) is 0 Å². The van der Waals surface area contributed by atoms with Crippen LogP contribution in [0, 0.1) is 18.3 Å². The molecule has 3 rings (SSSR count). The molecule has 25 heavy (non-hydrogen) atoms. The van der Waals surface area contributed by atoms with Crippen molar-refractivity contribution in [1.29, 1.82) is 5.26 Å². The minimum atomic E-state index is -0.702. The number of hydrogen-bond acceptors (Lipinski definition) is 4. The van der Waals surface area contributed by atoms with E-state index in [2.05, 4.69) is 18.0 Å². The molecule has 132 valence electrons. The second-order valence-corrected chi connectivity index (χ2v) is 6.59. The Morgan fingerprint density at radius 3 is 2.92 bits per heavy atom. The largest absolute Gasteiger partial charge is 0.466 e. The van der Waals surface area contributed by atoms with E-state index in [1.807, 2.05) is 26.0 Å². The number of aromatic amines is 1. The van der Waals surface area contributed by atoms with E-state index in [1.165, 1.54) is 0 Å². The van der Waals surface area contributed by atoms with E-state index in [0.717, 1.165) is 47.0 Å². The Labute approximate surface area is 147 Å². The van der Waals surface area contributed by atoms with E-state index >= 15 is 0 Å². The van der Waals surface area contributed by atoms with Crippen molar-refractivity contribution in [2.45, 2.75) is 52.1 Å². The highest BCUT2D eigenvalue weighted by Gasteiger charge is 2.42. The molecule has 0 unspecified atom stereocenters. The van der Waals surface area contributed by atoms with Gasteiger partial charge >= 0.3 is 5.97 Å². The van der Waals surface area contributed by atoms with Gasteiger partial charge in [0.25, 0.3) is 0 Å². The van der Waals surface area contributed by atoms with Gasteiger partial charge in [0.1, 0.15) is 5.60 Å². The lowest BCUT2D eigenvalue weighted by molar-refractivity contribution is -0.155. The Kier molecular flexibility index (Phi) is 4.82. The standard InChI is InChI=1S/C20H24N2O3/c1-4-9-20(11-16(23)24-5-2)19-15(8-10-25-20)17-14(12-21)7-6-13(3)18(17)22-19/h6-7,22H,4-5,8-11H2,1-3H3/t20-/m1/s1. The zero-order valence-electron chi connectivity index (χ0n) is 15.1. The topological polar surface area (TPSA) is 75.1 Å². The van der Waals surface area contributed by atoms with Crippen LogP contribution in [0.1, 0.15) is 55.5 Å². The highest BCUT2D eigenvalue weighted by atomic mass is 16.5. The minimum absolute atomic E-state index is 0.190. The average molecular weight is 340 g/mol. The highest BCUT2D eigenvalue weighted by molar-refractivity contribution is 5.93. The molecule has 2 heterocycles. The molecule has 1 atom stereocenters. The van der Waals surface area contributed by atoms with Gasteiger partial charge in [-0.3, -0.25) is 4.79 Å². The maximum Gasteiger partial charge on any atom is 0.309 e. The van der Waals surface area contributed by atoms with Gasteiger partial charge in [0, 0.05) is 5.39 Å². The summed E-state index contributed by atoms with van der Waals surface area (Å²) in [6.45, 7) is 6.82. The van der Waals surface area contributed by atoms with Gasteiger partial charge in [-0.05, 0) is 43.9 Å². The second-order valence-electron chi connectivity index (χ2n) is 6.59. The predicted molar refractivity (Wildman–Crippen MR) is 95.2 cm³/mol. The third-order valence-corrected chi connectivity index (χ3v) is 4.96. The highest BCUT2D eigenvalue weighted by Crippen LogP contribution is 2.43. The van der Waals surface area contributed by atoms with E-state index in [4.69, 9.17) is 9.47 Å². The first-order valence-corrected chi connectivity index (χ1v) is 8.90. The molecule has 0 fully saturated rings. The number of benzene rings is 1. The summed E-state index contributed by atoms with van der Waals surface area (Å²) in [6, 6.07) is 6.13. The van der Waals surface area contributed by atoms with Crippen LogP contribution in [0.15, 0.2) is 12.1 Å². The number of fused-ring (bicyclic) bond motifs is 3. The second kappa shape index (κ2) is 6.89.